The van der Waals surface area contributed by atoms with Gasteiger partial charge in [0.25, 0.3) is 5.91 Å². The third-order valence-electron chi connectivity index (χ3n) is 3.91. The molecule has 0 radical (unpaired) electrons. The van der Waals surface area contributed by atoms with E-state index >= 15 is 0 Å². The fourth-order valence-corrected chi connectivity index (χ4v) is 2.31. The Bertz CT molecular complexity index is 609. The third-order valence-corrected chi connectivity index (χ3v) is 3.91. The van der Waals surface area contributed by atoms with E-state index in [0.29, 0.717) is 11.5 Å². The van der Waals surface area contributed by atoms with Crippen molar-refractivity contribution in [3.63, 3.8) is 0 Å². The highest BCUT2D eigenvalue weighted by atomic mass is 16.2. The molecule has 110 valence electrons. The van der Waals surface area contributed by atoms with Gasteiger partial charge >= 0.3 is 0 Å². The van der Waals surface area contributed by atoms with E-state index in [-0.39, 0.29) is 5.91 Å². The minimum absolute atomic E-state index is 0.173. The lowest BCUT2D eigenvalue weighted by Crippen LogP contribution is -2.23. The molecule has 0 aliphatic heterocycles. The van der Waals surface area contributed by atoms with Crippen molar-refractivity contribution in [1.29, 1.82) is 0 Å². The van der Waals surface area contributed by atoms with E-state index in [2.05, 4.69) is 23.2 Å². The highest BCUT2D eigenvalue weighted by molar-refractivity contribution is 6.02. The van der Waals surface area contributed by atoms with E-state index in [1.165, 1.54) is 0 Å². The molecule has 2 rings (SSSR count). The molecule has 0 unspecified atom stereocenters. The number of carbonyl (C=O) groups excluding carboxylic acids is 1. The average molecular weight is 282 g/mol. The van der Waals surface area contributed by atoms with E-state index in [1.807, 2.05) is 45.0 Å². The Balaban J connectivity index is 2.07. The van der Waals surface area contributed by atoms with Gasteiger partial charge in [-0.3, -0.25) is 4.79 Å². The minimum atomic E-state index is -0.173. The maximum Gasteiger partial charge on any atom is 0.271 e. The number of allylic oxidation sites excluding steroid dienone is 3. The number of hydrazone groups is 1. The number of aryl methyl sites for hydroxylation is 1. The Morgan fingerprint density at radius 3 is 2.57 bits per heavy atom. The molecular weight excluding hydrogens is 260 g/mol. The molecule has 0 bridgehead atoms. The van der Waals surface area contributed by atoms with E-state index in [4.69, 9.17) is 0 Å². The molecule has 1 aromatic rings. The number of rotatable bonds is 3. The summed E-state index contributed by atoms with van der Waals surface area (Å²) in [6, 6.07) is 7.46. The molecule has 1 aliphatic rings. The molecule has 0 spiro atoms. The summed E-state index contributed by atoms with van der Waals surface area (Å²) >= 11 is 0. The molecule has 0 aromatic heterocycles. The van der Waals surface area contributed by atoms with Crippen molar-refractivity contribution in [2.45, 2.75) is 33.6 Å². The lowest BCUT2D eigenvalue weighted by Gasteiger charge is -2.22. The molecule has 1 amide bonds. The van der Waals surface area contributed by atoms with Gasteiger partial charge in [-0.2, -0.15) is 5.10 Å². The zero-order valence-electron chi connectivity index (χ0n) is 12.9. The van der Waals surface area contributed by atoms with Crippen molar-refractivity contribution in [2.24, 2.45) is 11.0 Å². The number of nitrogens with one attached hydrogen (secondary N) is 1. The van der Waals surface area contributed by atoms with Gasteiger partial charge in [0.05, 0.1) is 5.71 Å². The van der Waals surface area contributed by atoms with Gasteiger partial charge in [-0.15, -0.1) is 0 Å². The van der Waals surface area contributed by atoms with Crippen molar-refractivity contribution < 1.29 is 4.79 Å². The number of hydrogen-bond acceptors (Lipinski definition) is 2. The van der Waals surface area contributed by atoms with Gasteiger partial charge in [0, 0.05) is 5.56 Å². The van der Waals surface area contributed by atoms with Crippen molar-refractivity contribution >= 4 is 11.6 Å². The van der Waals surface area contributed by atoms with Crippen molar-refractivity contribution in [1.82, 2.24) is 5.43 Å². The van der Waals surface area contributed by atoms with Crippen LogP contribution in [0.25, 0.3) is 0 Å². The molecule has 1 N–H and O–H groups in total. The highest BCUT2D eigenvalue weighted by Gasteiger charge is 2.18. The topological polar surface area (TPSA) is 41.5 Å². The monoisotopic (exact) mass is 282 g/mol. The van der Waals surface area contributed by atoms with Gasteiger partial charge in [-0.25, -0.2) is 5.43 Å². The maximum atomic E-state index is 12.1. The summed E-state index contributed by atoms with van der Waals surface area (Å²) in [5.74, 6) is 0.247. The molecule has 1 atom stereocenters. The second-order valence-electron chi connectivity index (χ2n) is 5.74. The first-order valence-corrected chi connectivity index (χ1v) is 7.23. The van der Waals surface area contributed by atoms with Crippen LogP contribution in [-0.2, 0) is 0 Å². The lowest BCUT2D eigenvalue weighted by molar-refractivity contribution is 0.0954. The smallest absolute Gasteiger partial charge is 0.267 e. The third kappa shape index (κ3) is 3.91. The summed E-state index contributed by atoms with van der Waals surface area (Å²) in [4.78, 5) is 12.1. The molecule has 0 saturated carbocycles. The molecule has 3 nitrogen and oxygen atoms in total. The van der Waals surface area contributed by atoms with Gasteiger partial charge < -0.3 is 0 Å². The first-order valence-electron chi connectivity index (χ1n) is 7.23. The molecule has 0 heterocycles. The summed E-state index contributed by atoms with van der Waals surface area (Å²) in [6.07, 6.45) is 4.01. The minimum Gasteiger partial charge on any atom is -0.267 e. The zero-order chi connectivity index (χ0) is 15.4. The molecule has 0 saturated heterocycles. The van der Waals surface area contributed by atoms with E-state index in [1.54, 1.807) is 0 Å². The maximum absolute atomic E-state index is 12.1. The Morgan fingerprint density at radius 1 is 1.29 bits per heavy atom. The van der Waals surface area contributed by atoms with Gasteiger partial charge in [-0.1, -0.05) is 35.9 Å². The predicted octanol–water partition coefficient (Wildman–Crippen LogP) is 4.01. The summed E-state index contributed by atoms with van der Waals surface area (Å²) in [5, 5.41) is 4.30. The normalized spacial score (nSPS) is 20.0. The molecule has 1 aromatic carbocycles. The Hall–Kier alpha value is -2.16. The standard InChI is InChI=1S/C18H22N2O/c1-12(2)16-10-7-14(4)17(11-16)19-20-18(21)15-8-5-13(3)6-9-15/h5-9,16H,1,10-11H2,2-4H3,(H,20,21)/b19-17-/t16-/m1/s1. The number of hydrogen-bond donors (Lipinski definition) is 1. The van der Waals surface area contributed by atoms with Crippen LogP contribution in [0.4, 0.5) is 0 Å². The Kier molecular flexibility index (Phi) is 4.73. The summed E-state index contributed by atoms with van der Waals surface area (Å²) in [5.41, 5.74) is 7.65. The predicted molar refractivity (Wildman–Crippen MR) is 87.4 cm³/mol. The van der Waals surface area contributed by atoms with Gasteiger partial charge in [0.1, 0.15) is 0 Å². The molecular formula is C18H22N2O. The summed E-state index contributed by atoms with van der Waals surface area (Å²) in [6.45, 7) is 10.1. The Morgan fingerprint density at radius 2 is 1.95 bits per heavy atom. The van der Waals surface area contributed by atoms with Gasteiger partial charge in [-0.05, 0) is 57.2 Å². The fourth-order valence-electron chi connectivity index (χ4n) is 2.31. The van der Waals surface area contributed by atoms with Crippen molar-refractivity contribution in [3.05, 3.63) is 59.2 Å². The fraction of sp³-hybridized carbons (Fsp3) is 0.333. The van der Waals surface area contributed by atoms with E-state index in [9.17, 15) is 4.79 Å². The number of benzene rings is 1. The van der Waals surface area contributed by atoms with Crippen LogP contribution in [0.15, 0.2) is 53.2 Å². The second kappa shape index (κ2) is 6.53. The molecule has 21 heavy (non-hydrogen) atoms. The molecule has 3 heteroatoms. The summed E-state index contributed by atoms with van der Waals surface area (Å²) in [7, 11) is 0. The van der Waals surface area contributed by atoms with Gasteiger partial charge in [0.15, 0.2) is 0 Å². The van der Waals surface area contributed by atoms with Crippen LogP contribution in [0.5, 0.6) is 0 Å². The first kappa shape index (κ1) is 15.2. The van der Waals surface area contributed by atoms with E-state index < -0.39 is 0 Å². The quantitative estimate of drug-likeness (QED) is 0.660. The Labute approximate surface area is 126 Å². The van der Waals surface area contributed by atoms with Crippen LogP contribution in [0.1, 0.15) is 42.6 Å². The first-order chi connectivity index (χ1) is 9.97. The van der Waals surface area contributed by atoms with E-state index in [0.717, 1.165) is 35.3 Å². The van der Waals surface area contributed by atoms with Gasteiger partial charge in [0.2, 0.25) is 0 Å². The molecule has 0 fully saturated rings. The lowest BCUT2D eigenvalue weighted by atomic mass is 9.85. The van der Waals surface area contributed by atoms with Crippen LogP contribution >= 0.6 is 0 Å². The number of carbonyl (C=O) groups is 1. The van der Waals surface area contributed by atoms with Crippen LogP contribution in [-0.4, -0.2) is 11.6 Å². The van der Waals surface area contributed by atoms with Crippen molar-refractivity contribution in [2.75, 3.05) is 0 Å². The van der Waals surface area contributed by atoms with Crippen LogP contribution in [0.3, 0.4) is 0 Å². The number of amides is 1. The van der Waals surface area contributed by atoms with Crippen LogP contribution < -0.4 is 5.43 Å². The highest BCUT2D eigenvalue weighted by Crippen LogP contribution is 2.26. The largest absolute Gasteiger partial charge is 0.271 e. The van der Waals surface area contributed by atoms with Crippen LogP contribution in [0.2, 0.25) is 0 Å². The SMILES string of the molecule is C=C(C)[C@@H]1CC=C(C)/C(=N\NC(=O)c2ccc(C)cc2)C1. The summed E-state index contributed by atoms with van der Waals surface area (Å²) < 4.78 is 0. The zero-order valence-corrected chi connectivity index (χ0v) is 12.9. The average Bonchev–Trinajstić information content (AvgIpc) is 2.46. The second-order valence-corrected chi connectivity index (χ2v) is 5.74. The molecule has 1 aliphatic carbocycles. The van der Waals surface area contributed by atoms with Crippen molar-refractivity contribution in [3.8, 4) is 0 Å². The van der Waals surface area contributed by atoms with Crippen LogP contribution in [0, 0.1) is 12.8 Å². The number of nitrogens with zero attached hydrogens (tertiary/aromatic N) is 1.